The minimum absolute atomic E-state index is 0.865. The molecule has 1 rings (SSSR count). The maximum atomic E-state index is 5.55. The van der Waals surface area contributed by atoms with Crippen molar-refractivity contribution in [2.24, 2.45) is 10.9 Å². The fourth-order valence-corrected chi connectivity index (χ4v) is 1.19. The van der Waals surface area contributed by atoms with Crippen LogP contribution in [-0.2, 0) is 4.74 Å². The monoisotopic (exact) mass is 181 g/mol. The Morgan fingerprint density at radius 1 is 1.46 bits per heavy atom. The Morgan fingerprint density at radius 3 is 2.69 bits per heavy atom. The van der Waals surface area contributed by atoms with Crippen molar-refractivity contribution >= 4 is 5.71 Å². The van der Waals surface area contributed by atoms with Crippen molar-refractivity contribution in [3.8, 4) is 0 Å². The molecule has 0 heterocycles. The van der Waals surface area contributed by atoms with Gasteiger partial charge in [-0.25, -0.2) is 0 Å². The number of allylic oxidation sites excluding steroid dienone is 2. The minimum Gasteiger partial charge on any atom is -0.498 e. The molecule has 0 amide bonds. The molecule has 0 aromatic rings. The second-order valence-electron chi connectivity index (χ2n) is 3.70. The summed E-state index contributed by atoms with van der Waals surface area (Å²) < 4.78 is 5.55. The van der Waals surface area contributed by atoms with Gasteiger partial charge in [0.1, 0.15) is 0 Å². The van der Waals surface area contributed by atoms with Crippen molar-refractivity contribution in [1.82, 2.24) is 0 Å². The lowest BCUT2D eigenvalue weighted by molar-refractivity contribution is 0.205. The van der Waals surface area contributed by atoms with Crippen LogP contribution in [0.3, 0.4) is 0 Å². The zero-order valence-corrected chi connectivity index (χ0v) is 8.84. The Morgan fingerprint density at radius 2 is 2.15 bits per heavy atom. The van der Waals surface area contributed by atoms with Gasteiger partial charge < -0.3 is 4.74 Å². The standard InChI is InChI=1S/C11H19NO/c1-9(12-3)8-10(2)13-7-6-11-4-5-11/h8,11H,4-7H2,1-3H3/b10-8+,12-9-. The maximum absolute atomic E-state index is 5.55. The molecule has 0 bridgehead atoms. The summed E-state index contributed by atoms with van der Waals surface area (Å²) in [5.74, 6) is 1.93. The van der Waals surface area contributed by atoms with Crippen LogP contribution in [0.1, 0.15) is 33.1 Å². The average Bonchev–Trinajstić information content (AvgIpc) is 2.88. The second kappa shape index (κ2) is 5.05. The molecule has 0 radical (unpaired) electrons. The topological polar surface area (TPSA) is 21.6 Å². The molecular weight excluding hydrogens is 162 g/mol. The van der Waals surface area contributed by atoms with Gasteiger partial charge >= 0.3 is 0 Å². The van der Waals surface area contributed by atoms with Gasteiger partial charge in [-0.2, -0.15) is 0 Å². The van der Waals surface area contributed by atoms with Gasteiger partial charge in [-0.15, -0.1) is 0 Å². The van der Waals surface area contributed by atoms with Crippen LogP contribution in [0.2, 0.25) is 0 Å². The quantitative estimate of drug-likeness (QED) is 0.472. The normalized spacial score (nSPS) is 19.0. The van der Waals surface area contributed by atoms with Gasteiger partial charge in [0.2, 0.25) is 0 Å². The van der Waals surface area contributed by atoms with E-state index in [0.29, 0.717) is 0 Å². The van der Waals surface area contributed by atoms with Crippen LogP contribution < -0.4 is 0 Å². The van der Waals surface area contributed by atoms with Gasteiger partial charge in [0.25, 0.3) is 0 Å². The van der Waals surface area contributed by atoms with Crippen molar-refractivity contribution in [2.45, 2.75) is 33.1 Å². The zero-order chi connectivity index (χ0) is 9.68. The third kappa shape index (κ3) is 4.71. The number of hydrogen-bond donors (Lipinski definition) is 0. The Bertz CT molecular complexity index is 214. The van der Waals surface area contributed by atoms with Crippen molar-refractivity contribution in [3.05, 3.63) is 11.8 Å². The Labute approximate surface area is 80.7 Å². The van der Waals surface area contributed by atoms with E-state index in [-0.39, 0.29) is 0 Å². The molecular formula is C11H19NO. The molecule has 1 fully saturated rings. The molecule has 2 nitrogen and oxygen atoms in total. The highest BCUT2D eigenvalue weighted by atomic mass is 16.5. The summed E-state index contributed by atoms with van der Waals surface area (Å²) in [5, 5.41) is 0. The van der Waals surface area contributed by atoms with Crippen LogP contribution >= 0.6 is 0 Å². The number of aliphatic imine (C=N–C) groups is 1. The third-order valence-electron chi connectivity index (χ3n) is 2.32. The van der Waals surface area contributed by atoms with Crippen molar-refractivity contribution in [3.63, 3.8) is 0 Å². The molecule has 1 aliphatic rings. The van der Waals surface area contributed by atoms with E-state index in [0.717, 1.165) is 24.0 Å². The highest BCUT2D eigenvalue weighted by molar-refractivity contribution is 5.92. The van der Waals surface area contributed by atoms with E-state index in [1.807, 2.05) is 19.9 Å². The Kier molecular flexibility index (Phi) is 4.00. The molecule has 1 saturated carbocycles. The summed E-state index contributed by atoms with van der Waals surface area (Å²) >= 11 is 0. The zero-order valence-electron chi connectivity index (χ0n) is 8.84. The molecule has 0 unspecified atom stereocenters. The van der Waals surface area contributed by atoms with Gasteiger partial charge in [0.15, 0.2) is 0 Å². The van der Waals surface area contributed by atoms with E-state index >= 15 is 0 Å². The molecule has 0 aliphatic heterocycles. The Balaban J connectivity index is 2.14. The molecule has 0 atom stereocenters. The maximum Gasteiger partial charge on any atom is 0.0946 e. The van der Waals surface area contributed by atoms with Crippen LogP contribution in [0.15, 0.2) is 16.8 Å². The smallest absolute Gasteiger partial charge is 0.0946 e. The highest BCUT2D eigenvalue weighted by Crippen LogP contribution is 2.32. The van der Waals surface area contributed by atoms with Crippen molar-refractivity contribution in [2.75, 3.05) is 13.7 Å². The van der Waals surface area contributed by atoms with E-state index < -0.39 is 0 Å². The van der Waals surface area contributed by atoms with Crippen LogP contribution in [-0.4, -0.2) is 19.4 Å². The summed E-state index contributed by atoms with van der Waals surface area (Å²) in [6.45, 7) is 4.83. The van der Waals surface area contributed by atoms with Gasteiger partial charge in [0, 0.05) is 12.8 Å². The average molecular weight is 181 g/mol. The second-order valence-corrected chi connectivity index (χ2v) is 3.70. The van der Waals surface area contributed by atoms with Crippen LogP contribution in [0.25, 0.3) is 0 Å². The Hall–Kier alpha value is -0.790. The number of hydrogen-bond acceptors (Lipinski definition) is 2. The van der Waals surface area contributed by atoms with E-state index in [2.05, 4.69) is 4.99 Å². The molecule has 0 N–H and O–H groups in total. The van der Waals surface area contributed by atoms with Crippen LogP contribution in [0, 0.1) is 5.92 Å². The van der Waals surface area contributed by atoms with E-state index in [9.17, 15) is 0 Å². The summed E-state index contributed by atoms with van der Waals surface area (Å²) in [6, 6.07) is 0. The molecule has 74 valence electrons. The number of ether oxygens (including phenoxy) is 1. The van der Waals surface area contributed by atoms with Crippen molar-refractivity contribution in [1.29, 1.82) is 0 Å². The van der Waals surface area contributed by atoms with E-state index in [1.165, 1.54) is 19.3 Å². The largest absolute Gasteiger partial charge is 0.498 e. The fraction of sp³-hybridized carbons (Fsp3) is 0.727. The van der Waals surface area contributed by atoms with Crippen LogP contribution in [0.5, 0.6) is 0 Å². The first-order valence-electron chi connectivity index (χ1n) is 4.97. The predicted octanol–water partition coefficient (Wildman–Crippen LogP) is 2.80. The van der Waals surface area contributed by atoms with E-state index in [4.69, 9.17) is 4.74 Å². The molecule has 0 spiro atoms. The van der Waals surface area contributed by atoms with Gasteiger partial charge in [-0.05, 0) is 32.3 Å². The number of rotatable bonds is 5. The highest BCUT2D eigenvalue weighted by Gasteiger charge is 2.20. The molecule has 2 heteroatoms. The SMILES string of the molecule is C/N=C(C)\C=C(/C)OCCC1CC1. The summed E-state index contributed by atoms with van der Waals surface area (Å²) in [6.07, 6.45) is 6.00. The fourth-order valence-electron chi connectivity index (χ4n) is 1.19. The summed E-state index contributed by atoms with van der Waals surface area (Å²) in [4.78, 5) is 4.04. The summed E-state index contributed by atoms with van der Waals surface area (Å²) in [5.41, 5.74) is 1.02. The molecule has 1 aliphatic carbocycles. The van der Waals surface area contributed by atoms with Gasteiger partial charge in [0.05, 0.1) is 12.4 Å². The van der Waals surface area contributed by atoms with Gasteiger partial charge in [-0.1, -0.05) is 12.8 Å². The number of nitrogens with zero attached hydrogens (tertiary/aromatic N) is 1. The molecule has 0 aromatic heterocycles. The third-order valence-corrected chi connectivity index (χ3v) is 2.32. The first-order valence-corrected chi connectivity index (χ1v) is 4.97. The lowest BCUT2D eigenvalue weighted by atomic mass is 10.3. The molecule has 13 heavy (non-hydrogen) atoms. The first kappa shape index (κ1) is 10.3. The first-order chi connectivity index (χ1) is 6.22. The lowest BCUT2D eigenvalue weighted by Gasteiger charge is -2.04. The predicted molar refractivity (Wildman–Crippen MR) is 56.1 cm³/mol. The molecule has 0 saturated heterocycles. The van der Waals surface area contributed by atoms with Crippen LogP contribution in [0.4, 0.5) is 0 Å². The van der Waals surface area contributed by atoms with Gasteiger partial charge in [-0.3, -0.25) is 4.99 Å². The van der Waals surface area contributed by atoms with Crippen molar-refractivity contribution < 1.29 is 4.74 Å². The van der Waals surface area contributed by atoms with E-state index in [1.54, 1.807) is 7.05 Å². The lowest BCUT2D eigenvalue weighted by Crippen LogP contribution is -1.95. The minimum atomic E-state index is 0.865. The summed E-state index contributed by atoms with van der Waals surface area (Å²) in [7, 11) is 1.79. The molecule has 0 aromatic carbocycles.